The molecule has 0 saturated heterocycles. The average molecular weight is 426 g/mol. The minimum atomic E-state index is -0.379. The van der Waals surface area contributed by atoms with Crippen molar-refractivity contribution in [1.82, 2.24) is 4.98 Å². The minimum absolute atomic E-state index is 0.194. The normalized spacial score (nSPS) is 10.3. The summed E-state index contributed by atoms with van der Waals surface area (Å²) in [5.74, 6) is 1.57. The number of carbonyl (C=O) groups excluding carboxylic acids is 1. The standard InChI is InChI=1S/C23H23FN2O5/c1-28-19-12-16(13-20(29-2)23(19)30-3)14-26(21-6-4-5-11-25-21)22(27)15-31-18-9-7-17(24)8-10-18/h4-13H,14-15H2,1-3H3. The van der Waals surface area contributed by atoms with Crippen LogP contribution in [0.4, 0.5) is 10.2 Å². The van der Waals surface area contributed by atoms with Crippen molar-refractivity contribution in [3.63, 3.8) is 0 Å². The fourth-order valence-corrected chi connectivity index (χ4v) is 2.97. The van der Waals surface area contributed by atoms with Crippen LogP contribution in [0.25, 0.3) is 0 Å². The van der Waals surface area contributed by atoms with E-state index in [2.05, 4.69) is 4.98 Å². The molecule has 0 bridgehead atoms. The number of rotatable bonds is 9. The Labute approximate surface area is 179 Å². The summed E-state index contributed by atoms with van der Waals surface area (Å²) in [4.78, 5) is 18.8. The maximum Gasteiger partial charge on any atom is 0.266 e. The van der Waals surface area contributed by atoms with E-state index in [1.54, 1.807) is 36.5 Å². The molecular formula is C23H23FN2O5. The first-order valence-electron chi connectivity index (χ1n) is 9.44. The molecule has 0 N–H and O–H groups in total. The summed E-state index contributed by atoms with van der Waals surface area (Å²) < 4.78 is 34.8. The van der Waals surface area contributed by atoms with Gasteiger partial charge in [-0.3, -0.25) is 9.69 Å². The molecule has 3 aromatic rings. The number of ether oxygens (including phenoxy) is 4. The van der Waals surface area contributed by atoms with E-state index in [1.807, 2.05) is 0 Å². The van der Waals surface area contributed by atoms with Crippen molar-refractivity contribution in [2.24, 2.45) is 0 Å². The molecule has 0 radical (unpaired) electrons. The van der Waals surface area contributed by atoms with Gasteiger partial charge in [-0.25, -0.2) is 9.37 Å². The molecule has 8 heteroatoms. The van der Waals surface area contributed by atoms with Gasteiger partial charge in [0.05, 0.1) is 27.9 Å². The number of carbonyl (C=O) groups is 1. The zero-order chi connectivity index (χ0) is 22.2. The number of aromatic nitrogens is 1. The average Bonchev–Trinajstić information content (AvgIpc) is 2.81. The van der Waals surface area contributed by atoms with Gasteiger partial charge in [0.2, 0.25) is 5.75 Å². The number of hydrogen-bond donors (Lipinski definition) is 0. The van der Waals surface area contributed by atoms with Gasteiger partial charge in [-0.2, -0.15) is 0 Å². The zero-order valence-electron chi connectivity index (χ0n) is 17.5. The van der Waals surface area contributed by atoms with E-state index in [0.717, 1.165) is 5.56 Å². The molecular weight excluding hydrogens is 403 g/mol. The van der Waals surface area contributed by atoms with Gasteiger partial charge < -0.3 is 18.9 Å². The number of amides is 1. The molecule has 162 valence electrons. The molecule has 0 atom stereocenters. The van der Waals surface area contributed by atoms with Crippen molar-refractivity contribution in [1.29, 1.82) is 0 Å². The molecule has 0 fully saturated rings. The Morgan fingerprint density at radius 3 is 2.19 bits per heavy atom. The van der Waals surface area contributed by atoms with Crippen LogP contribution < -0.4 is 23.8 Å². The van der Waals surface area contributed by atoms with E-state index in [1.165, 1.54) is 50.5 Å². The highest BCUT2D eigenvalue weighted by molar-refractivity contribution is 5.93. The molecule has 1 heterocycles. The lowest BCUT2D eigenvalue weighted by Crippen LogP contribution is -2.35. The van der Waals surface area contributed by atoms with Gasteiger partial charge in [-0.15, -0.1) is 0 Å². The van der Waals surface area contributed by atoms with Gasteiger partial charge in [0, 0.05) is 6.20 Å². The summed E-state index contributed by atoms with van der Waals surface area (Å²) in [6.45, 7) is -0.0496. The molecule has 1 amide bonds. The van der Waals surface area contributed by atoms with E-state index in [4.69, 9.17) is 18.9 Å². The van der Waals surface area contributed by atoms with E-state index in [9.17, 15) is 9.18 Å². The van der Waals surface area contributed by atoms with Gasteiger partial charge in [0.1, 0.15) is 17.4 Å². The Morgan fingerprint density at radius 1 is 0.968 bits per heavy atom. The van der Waals surface area contributed by atoms with Crippen molar-refractivity contribution in [2.75, 3.05) is 32.8 Å². The van der Waals surface area contributed by atoms with Crippen LogP contribution >= 0.6 is 0 Å². The Bertz CT molecular complexity index is 987. The first-order valence-corrected chi connectivity index (χ1v) is 9.44. The molecule has 0 unspecified atom stereocenters. The Kier molecular flexibility index (Phi) is 7.26. The summed E-state index contributed by atoms with van der Waals surface area (Å²) in [7, 11) is 4.58. The summed E-state index contributed by atoms with van der Waals surface area (Å²) >= 11 is 0. The first kappa shape index (κ1) is 21.9. The van der Waals surface area contributed by atoms with Crippen LogP contribution in [0.15, 0.2) is 60.8 Å². The third kappa shape index (κ3) is 5.42. The predicted octanol–water partition coefficient (Wildman–Crippen LogP) is 3.86. The lowest BCUT2D eigenvalue weighted by molar-refractivity contribution is -0.120. The van der Waals surface area contributed by atoms with Crippen LogP contribution in [-0.2, 0) is 11.3 Å². The Balaban J connectivity index is 1.86. The second-order valence-electron chi connectivity index (χ2n) is 6.44. The van der Waals surface area contributed by atoms with Crippen molar-refractivity contribution < 1.29 is 28.1 Å². The number of nitrogens with zero attached hydrogens (tertiary/aromatic N) is 2. The fourth-order valence-electron chi connectivity index (χ4n) is 2.97. The summed E-state index contributed by atoms with van der Waals surface area (Å²) in [5, 5.41) is 0. The number of methoxy groups -OCH3 is 3. The monoisotopic (exact) mass is 426 g/mol. The molecule has 1 aromatic heterocycles. The summed E-state index contributed by atoms with van der Waals surface area (Å²) in [6.07, 6.45) is 1.60. The predicted molar refractivity (Wildman–Crippen MR) is 113 cm³/mol. The Morgan fingerprint density at radius 2 is 1.65 bits per heavy atom. The molecule has 0 aliphatic carbocycles. The fraction of sp³-hybridized carbons (Fsp3) is 0.217. The Hall–Kier alpha value is -3.81. The largest absolute Gasteiger partial charge is 0.493 e. The van der Waals surface area contributed by atoms with E-state index >= 15 is 0 Å². The number of anilines is 1. The highest BCUT2D eigenvalue weighted by Crippen LogP contribution is 2.38. The van der Waals surface area contributed by atoms with Crippen LogP contribution in [0.2, 0.25) is 0 Å². The van der Waals surface area contributed by atoms with E-state index in [-0.39, 0.29) is 24.9 Å². The van der Waals surface area contributed by atoms with Crippen molar-refractivity contribution in [2.45, 2.75) is 6.54 Å². The second kappa shape index (κ2) is 10.3. The molecule has 0 spiro atoms. The second-order valence-corrected chi connectivity index (χ2v) is 6.44. The lowest BCUT2D eigenvalue weighted by atomic mass is 10.1. The number of pyridine rings is 1. The number of hydrogen-bond acceptors (Lipinski definition) is 6. The van der Waals surface area contributed by atoms with Gasteiger partial charge in [0.25, 0.3) is 5.91 Å². The highest BCUT2D eigenvalue weighted by atomic mass is 19.1. The highest BCUT2D eigenvalue weighted by Gasteiger charge is 2.21. The topological polar surface area (TPSA) is 70.1 Å². The lowest BCUT2D eigenvalue weighted by Gasteiger charge is -2.23. The molecule has 0 aliphatic heterocycles. The number of benzene rings is 2. The summed E-state index contributed by atoms with van der Waals surface area (Å²) in [5.41, 5.74) is 0.746. The molecule has 7 nitrogen and oxygen atoms in total. The SMILES string of the molecule is COc1cc(CN(C(=O)COc2ccc(F)cc2)c2ccccn2)cc(OC)c1OC. The molecule has 0 aliphatic rings. The van der Waals surface area contributed by atoms with Gasteiger partial charge in [0.15, 0.2) is 18.1 Å². The minimum Gasteiger partial charge on any atom is -0.493 e. The maximum absolute atomic E-state index is 13.1. The van der Waals surface area contributed by atoms with E-state index < -0.39 is 0 Å². The van der Waals surface area contributed by atoms with Gasteiger partial charge in [-0.05, 0) is 54.1 Å². The smallest absolute Gasteiger partial charge is 0.266 e. The van der Waals surface area contributed by atoms with Gasteiger partial charge >= 0.3 is 0 Å². The number of halogens is 1. The van der Waals surface area contributed by atoms with Crippen molar-refractivity contribution in [3.05, 3.63) is 72.2 Å². The third-order valence-corrected chi connectivity index (χ3v) is 4.47. The zero-order valence-corrected chi connectivity index (χ0v) is 17.5. The van der Waals surface area contributed by atoms with Crippen LogP contribution in [0.5, 0.6) is 23.0 Å². The van der Waals surface area contributed by atoms with Crippen molar-refractivity contribution in [3.8, 4) is 23.0 Å². The third-order valence-electron chi connectivity index (χ3n) is 4.47. The van der Waals surface area contributed by atoms with Crippen molar-refractivity contribution >= 4 is 11.7 Å². The van der Waals surface area contributed by atoms with E-state index in [0.29, 0.717) is 28.8 Å². The molecule has 2 aromatic carbocycles. The van der Waals surface area contributed by atoms with Crippen LogP contribution in [0.1, 0.15) is 5.56 Å². The van der Waals surface area contributed by atoms with Crippen LogP contribution in [0.3, 0.4) is 0 Å². The molecule has 31 heavy (non-hydrogen) atoms. The molecule has 0 saturated carbocycles. The van der Waals surface area contributed by atoms with Gasteiger partial charge in [-0.1, -0.05) is 6.07 Å². The quantitative estimate of drug-likeness (QED) is 0.518. The van der Waals surface area contributed by atoms with Crippen LogP contribution in [-0.4, -0.2) is 38.8 Å². The molecule has 3 rings (SSSR count). The maximum atomic E-state index is 13.1. The summed E-state index contributed by atoms with van der Waals surface area (Å²) in [6, 6.07) is 14.3. The first-order chi connectivity index (χ1) is 15.0. The van der Waals surface area contributed by atoms with Crippen LogP contribution in [0, 0.1) is 5.82 Å².